The first-order valence-electron chi connectivity index (χ1n) is 10.7. The van der Waals surface area contributed by atoms with Crippen molar-refractivity contribution in [2.45, 2.75) is 52.6 Å². The van der Waals surface area contributed by atoms with Crippen LogP contribution in [0.25, 0.3) is 0 Å². The standard InChI is InChI=1S/C24H32ClN3O2/c1-17-15-23(18(2)28(17)14-9-20-5-7-21(25)8-6-20)24(30)16-27-12-10-22(11-13-27)26(4)19(3)29/h5-8,15,22H,9-14,16H2,1-4H3. The number of aryl methyl sites for hydroxylation is 2. The van der Waals surface area contributed by atoms with E-state index in [-0.39, 0.29) is 17.7 Å². The second kappa shape index (κ2) is 9.80. The molecule has 6 heteroatoms. The quantitative estimate of drug-likeness (QED) is 0.622. The van der Waals surface area contributed by atoms with E-state index in [1.165, 1.54) is 5.56 Å². The Morgan fingerprint density at radius 3 is 2.37 bits per heavy atom. The molecule has 1 aromatic heterocycles. The minimum atomic E-state index is 0.107. The Morgan fingerprint density at radius 1 is 1.13 bits per heavy atom. The van der Waals surface area contributed by atoms with Crippen LogP contribution in [0.1, 0.15) is 47.1 Å². The number of hydrogen-bond acceptors (Lipinski definition) is 3. The SMILES string of the molecule is CC(=O)N(C)C1CCN(CC(=O)c2cc(C)n(CCc3ccc(Cl)cc3)c2C)CC1. The molecule has 0 N–H and O–H groups in total. The molecule has 5 nitrogen and oxygen atoms in total. The topological polar surface area (TPSA) is 45.6 Å². The minimum Gasteiger partial charge on any atom is -0.348 e. The van der Waals surface area contributed by atoms with Gasteiger partial charge >= 0.3 is 0 Å². The van der Waals surface area contributed by atoms with Crippen LogP contribution in [0.3, 0.4) is 0 Å². The molecule has 2 heterocycles. The Bertz CT molecular complexity index is 896. The zero-order chi connectivity index (χ0) is 21.8. The van der Waals surface area contributed by atoms with Gasteiger partial charge in [0.15, 0.2) is 5.78 Å². The number of piperidine rings is 1. The fourth-order valence-electron chi connectivity index (χ4n) is 4.33. The van der Waals surface area contributed by atoms with Gasteiger partial charge in [-0.3, -0.25) is 14.5 Å². The van der Waals surface area contributed by atoms with E-state index in [4.69, 9.17) is 11.6 Å². The first-order chi connectivity index (χ1) is 14.3. The zero-order valence-corrected chi connectivity index (χ0v) is 19.2. The van der Waals surface area contributed by atoms with Gasteiger partial charge in [-0.25, -0.2) is 0 Å². The van der Waals surface area contributed by atoms with Crippen LogP contribution in [-0.4, -0.2) is 58.8 Å². The molecule has 1 saturated heterocycles. The summed E-state index contributed by atoms with van der Waals surface area (Å²) in [5.74, 6) is 0.287. The van der Waals surface area contributed by atoms with E-state index in [9.17, 15) is 9.59 Å². The Morgan fingerprint density at radius 2 is 1.77 bits per heavy atom. The number of amides is 1. The molecular formula is C24H32ClN3O2. The zero-order valence-electron chi connectivity index (χ0n) is 18.4. The molecule has 162 valence electrons. The second-order valence-corrected chi connectivity index (χ2v) is 8.81. The van der Waals surface area contributed by atoms with Crippen molar-refractivity contribution in [1.29, 1.82) is 0 Å². The highest BCUT2D eigenvalue weighted by molar-refractivity contribution is 6.30. The lowest BCUT2D eigenvalue weighted by Gasteiger charge is -2.36. The third-order valence-electron chi connectivity index (χ3n) is 6.38. The third kappa shape index (κ3) is 5.32. The monoisotopic (exact) mass is 429 g/mol. The second-order valence-electron chi connectivity index (χ2n) is 8.37. The van der Waals surface area contributed by atoms with Crippen molar-refractivity contribution >= 4 is 23.3 Å². The van der Waals surface area contributed by atoms with E-state index in [1.807, 2.05) is 37.1 Å². The van der Waals surface area contributed by atoms with Crippen molar-refractivity contribution in [2.75, 3.05) is 26.7 Å². The molecular weight excluding hydrogens is 398 g/mol. The minimum absolute atomic E-state index is 0.107. The van der Waals surface area contributed by atoms with Gasteiger partial charge in [0.25, 0.3) is 0 Å². The van der Waals surface area contributed by atoms with E-state index in [1.54, 1.807) is 6.92 Å². The number of halogens is 1. The molecule has 0 bridgehead atoms. The van der Waals surface area contributed by atoms with Gasteiger partial charge in [0.1, 0.15) is 0 Å². The number of benzene rings is 1. The molecule has 1 aliphatic heterocycles. The number of hydrogen-bond donors (Lipinski definition) is 0. The summed E-state index contributed by atoms with van der Waals surface area (Å²) in [5.41, 5.74) is 4.22. The summed E-state index contributed by atoms with van der Waals surface area (Å²) in [7, 11) is 1.87. The van der Waals surface area contributed by atoms with Crippen molar-refractivity contribution in [2.24, 2.45) is 0 Å². The highest BCUT2D eigenvalue weighted by Crippen LogP contribution is 2.20. The van der Waals surface area contributed by atoms with E-state index in [0.717, 1.165) is 60.9 Å². The summed E-state index contributed by atoms with van der Waals surface area (Å²) in [6.45, 7) is 8.70. The Balaban J connectivity index is 1.58. The molecule has 0 atom stereocenters. The number of rotatable bonds is 7. The van der Waals surface area contributed by atoms with Crippen LogP contribution in [0.5, 0.6) is 0 Å². The van der Waals surface area contributed by atoms with Crippen LogP contribution in [0.4, 0.5) is 0 Å². The van der Waals surface area contributed by atoms with Crippen LogP contribution in [-0.2, 0) is 17.8 Å². The number of aromatic nitrogens is 1. The summed E-state index contributed by atoms with van der Waals surface area (Å²) in [6, 6.07) is 10.2. The number of Topliss-reactive ketones (excluding diaryl/α,β-unsaturated/α-hetero) is 1. The van der Waals surface area contributed by atoms with Gasteiger partial charge in [-0.15, -0.1) is 0 Å². The van der Waals surface area contributed by atoms with Crippen molar-refractivity contribution in [1.82, 2.24) is 14.4 Å². The lowest BCUT2D eigenvalue weighted by molar-refractivity contribution is -0.130. The van der Waals surface area contributed by atoms with Crippen molar-refractivity contribution in [3.63, 3.8) is 0 Å². The summed E-state index contributed by atoms with van der Waals surface area (Å²) < 4.78 is 2.23. The first-order valence-corrected chi connectivity index (χ1v) is 11.0. The number of ketones is 1. The molecule has 1 fully saturated rings. The lowest BCUT2D eigenvalue weighted by atomic mass is 10.0. The van der Waals surface area contributed by atoms with Crippen molar-refractivity contribution in [3.8, 4) is 0 Å². The number of nitrogens with zero attached hydrogens (tertiary/aromatic N) is 3. The molecule has 0 aliphatic carbocycles. The molecule has 2 aromatic rings. The van der Waals surface area contributed by atoms with E-state index in [0.29, 0.717) is 6.54 Å². The Labute approximate surface area is 184 Å². The van der Waals surface area contributed by atoms with Gasteiger partial charge in [-0.1, -0.05) is 23.7 Å². The number of carbonyl (C=O) groups excluding carboxylic acids is 2. The predicted molar refractivity (Wildman–Crippen MR) is 121 cm³/mol. The Hall–Kier alpha value is -2.11. The fourth-order valence-corrected chi connectivity index (χ4v) is 4.46. The van der Waals surface area contributed by atoms with Gasteiger partial charge in [0.05, 0.1) is 6.54 Å². The number of carbonyl (C=O) groups is 2. The van der Waals surface area contributed by atoms with Crippen molar-refractivity contribution < 1.29 is 9.59 Å². The maximum Gasteiger partial charge on any atom is 0.219 e. The van der Waals surface area contributed by atoms with E-state index >= 15 is 0 Å². The van der Waals surface area contributed by atoms with E-state index in [2.05, 4.69) is 28.5 Å². The average molecular weight is 430 g/mol. The lowest BCUT2D eigenvalue weighted by Crippen LogP contribution is -2.46. The molecule has 30 heavy (non-hydrogen) atoms. The largest absolute Gasteiger partial charge is 0.348 e. The average Bonchev–Trinajstić information content (AvgIpc) is 3.01. The summed E-state index contributed by atoms with van der Waals surface area (Å²) in [5, 5.41) is 0.747. The van der Waals surface area contributed by atoms with Crippen LogP contribution in [0.2, 0.25) is 5.02 Å². The summed E-state index contributed by atoms with van der Waals surface area (Å²) in [6.07, 6.45) is 2.74. The van der Waals surface area contributed by atoms with E-state index < -0.39 is 0 Å². The normalized spacial score (nSPS) is 15.4. The van der Waals surface area contributed by atoms with Gasteiger partial charge in [0, 0.05) is 61.6 Å². The van der Waals surface area contributed by atoms with Gasteiger partial charge < -0.3 is 9.47 Å². The van der Waals surface area contributed by atoms with Gasteiger partial charge in [-0.2, -0.15) is 0 Å². The maximum absolute atomic E-state index is 13.0. The van der Waals surface area contributed by atoms with Crippen LogP contribution >= 0.6 is 11.6 Å². The molecule has 0 saturated carbocycles. The molecule has 1 aromatic carbocycles. The van der Waals surface area contributed by atoms with Crippen LogP contribution < -0.4 is 0 Å². The molecule has 3 rings (SSSR count). The smallest absolute Gasteiger partial charge is 0.219 e. The summed E-state index contributed by atoms with van der Waals surface area (Å²) in [4.78, 5) is 28.6. The molecule has 0 radical (unpaired) electrons. The molecule has 0 spiro atoms. The van der Waals surface area contributed by atoms with Gasteiger partial charge in [-0.05, 0) is 56.9 Å². The highest BCUT2D eigenvalue weighted by atomic mass is 35.5. The van der Waals surface area contributed by atoms with Gasteiger partial charge in [0.2, 0.25) is 5.91 Å². The van der Waals surface area contributed by atoms with Crippen LogP contribution in [0.15, 0.2) is 30.3 Å². The molecule has 1 amide bonds. The number of likely N-dealkylation sites (tertiary alicyclic amines) is 1. The van der Waals surface area contributed by atoms with Crippen LogP contribution in [0, 0.1) is 13.8 Å². The first kappa shape index (κ1) is 22.6. The third-order valence-corrected chi connectivity index (χ3v) is 6.63. The highest BCUT2D eigenvalue weighted by Gasteiger charge is 2.26. The molecule has 0 unspecified atom stereocenters. The predicted octanol–water partition coefficient (Wildman–Crippen LogP) is 4.13. The van der Waals surface area contributed by atoms with Crippen molar-refractivity contribution in [3.05, 3.63) is 57.9 Å². The Kier molecular flexibility index (Phi) is 7.37. The molecule has 1 aliphatic rings. The maximum atomic E-state index is 13.0. The summed E-state index contributed by atoms with van der Waals surface area (Å²) >= 11 is 5.97. The fraction of sp³-hybridized carbons (Fsp3) is 0.500.